The summed E-state index contributed by atoms with van der Waals surface area (Å²) in [5, 5.41) is 0. The molecule has 0 spiro atoms. The third-order valence-corrected chi connectivity index (χ3v) is 6.77. The van der Waals surface area contributed by atoms with Gasteiger partial charge in [0.15, 0.2) is 0 Å². The van der Waals surface area contributed by atoms with Crippen molar-refractivity contribution in [2.24, 2.45) is 0 Å². The van der Waals surface area contributed by atoms with Crippen molar-refractivity contribution >= 4 is 67.8 Å². The summed E-state index contributed by atoms with van der Waals surface area (Å²) < 4.78 is 3.57. The summed E-state index contributed by atoms with van der Waals surface area (Å²) in [7, 11) is 0. The lowest BCUT2D eigenvalue weighted by atomic mass is 10.0. The van der Waals surface area contributed by atoms with E-state index in [9.17, 15) is 0 Å². The zero-order valence-corrected chi connectivity index (χ0v) is 23.8. The predicted molar refractivity (Wildman–Crippen MR) is 162 cm³/mol. The van der Waals surface area contributed by atoms with Gasteiger partial charge in [0, 0.05) is 38.5 Å². The topological polar surface area (TPSA) is 0 Å². The summed E-state index contributed by atoms with van der Waals surface area (Å²) in [6, 6.07) is 30.6. The van der Waals surface area contributed by atoms with E-state index < -0.39 is 0 Å². The fourth-order valence-corrected chi connectivity index (χ4v) is 3.99. The summed E-state index contributed by atoms with van der Waals surface area (Å²) in [5.41, 5.74) is 5.52. The van der Waals surface area contributed by atoms with Crippen molar-refractivity contribution < 1.29 is 0 Å². The molecule has 0 unspecified atom stereocenters. The first-order valence-corrected chi connectivity index (χ1v) is 13.3. The molecule has 4 rings (SSSR count). The van der Waals surface area contributed by atoms with Gasteiger partial charge in [0.05, 0.1) is 5.56 Å². The van der Waals surface area contributed by atoms with Crippen LogP contribution in [0.25, 0.3) is 0 Å². The Balaban J connectivity index is 1.78. The van der Waals surface area contributed by atoms with Gasteiger partial charge in [-0.2, -0.15) is 0 Å². The van der Waals surface area contributed by atoms with Gasteiger partial charge in [-0.1, -0.05) is 41.6 Å². The molecule has 4 aromatic rings. The van der Waals surface area contributed by atoms with Gasteiger partial charge in [0.25, 0.3) is 0 Å². The van der Waals surface area contributed by atoms with Crippen molar-refractivity contribution in [3.05, 3.63) is 135 Å². The fraction of sp³-hybridized carbons (Fsp3) is 0. The summed E-state index contributed by atoms with van der Waals surface area (Å²) in [4.78, 5) is 0. The molecular weight excluding hydrogens is 741 g/mol. The Labute approximate surface area is 236 Å². The first-order chi connectivity index (χ1) is 16.1. The highest BCUT2D eigenvalue weighted by molar-refractivity contribution is 14.1. The first-order valence-electron chi connectivity index (χ1n) is 10.0. The Morgan fingerprint density at radius 2 is 0.697 bits per heavy atom. The highest BCUT2D eigenvalue weighted by Gasteiger charge is 2.03. The third kappa shape index (κ3) is 7.11. The Morgan fingerprint density at radius 3 is 1.06 bits per heavy atom. The van der Waals surface area contributed by atoms with Crippen molar-refractivity contribution in [2.75, 3.05) is 0 Å². The highest BCUT2D eigenvalue weighted by Crippen LogP contribution is 2.15. The van der Waals surface area contributed by atoms with E-state index in [0.29, 0.717) is 0 Å². The SMILES string of the molecule is Ic1ccc(C#Cc2cccc(C#Cc3ccc(I)cc3)c2C#Cc2ccc(I)cc2)cc1. The van der Waals surface area contributed by atoms with Gasteiger partial charge < -0.3 is 0 Å². The molecule has 4 aromatic carbocycles. The van der Waals surface area contributed by atoms with Crippen LogP contribution < -0.4 is 0 Å². The Hall–Kier alpha value is -2.25. The van der Waals surface area contributed by atoms with Gasteiger partial charge in [0.1, 0.15) is 0 Å². The molecule has 0 aliphatic carbocycles. The first kappa shape index (κ1) is 23.9. The number of hydrogen-bond acceptors (Lipinski definition) is 0. The van der Waals surface area contributed by atoms with Crippen LogP contribution in [-0.4, -0.2) is 0 Å². The minimum absolute atomic E-state index is 0.854. The van der Waals surface area contributed by atoms with Crippen LogP contribution in [0.5, 0.6) is 0 Å². The maximum Gasteiger partial charge on any atom is 0.0562 e. The van der Waals surface area contributed by atoms with E-state index in [1.807, 2.05) is 54.6 Å². The van der Waals surface area contributed by atoms with E-state index in [1.165, 1.54) is 10.7 Å². The van der Waals surface area contributed by atoms with Crippen LogP contribution in [0.4, 0.5) is 0 Å². The van der Waals surface area contributed by atoms with Gasteiger partial charge in [-0.25, -0.2) is 0 Å². The predicted octanol–water partition coefficient (Wildman–Crippen LogP) is 7.70. The third-order valence-electron chi connectivity index (χ3n) is 4.61. The minimum atomic E-state index is 0.854. The van der Waals surface area contributed by atoms with Crippen LogP contribution in [-0.2, 0) is 0 Å². The molecule has 0 saturated carbocycles. The molecule has 0 radical (unpaired) electrons. The van der Waals surface area contributed by atoms with Crippen molar-refractivity contribution in [2.45, 2.75) is 0 Å². The van der Waals surface area contributed by atoms with Crippen molar-refractivity contribution in [3.63, 3.8) is 0 Å². The quantitative estimate of drug-likeness (QED) is 0.128. The Bertz CT molecular complexity index is 1380. The lowest BCUT2D eigenvalue weighted by Gasteiger charge is -2.01. The molecule has 0 atom stereocenters. The second-order valence-corrected chi connectivity index (χ2v) is 10.7. The summed E-state index contributed by atoms with van der Waals surface area (Å²) in [6.45, 7) is 0. The molecule has 156 valence electrons. The van der Waals surface area contributed by atoms with E-state index in [2.05, 4.69) is 140 Å². The molecule has 3 heteroatoms. The Morgan fingerprint density at radius 1 is 0.364 bits per heavy atom. The van der Waals surface area contributed by atoms with E-state index in [1.54, 1.807) is 0 Å². The molecule has 0 nitrogen and oxygen atoms in total. The van der Waals surface area contributed by atoms with Crippen LogP contribution in [0.2, 0.25) is 0 Å². The summed E-state index contributed by atoms with van der Waals surface area (Å²) >= 11 is 6.89. The van der Waals surface area contributed by atoms with E-state index >= 15 is 0 Å². The average Bonchev–Trinajstić information content (AvgIpc) is 2.83. The monoisotopic (exact) mass is 756 g/mol. The normalized spacial score (nSPS) is 9.55. The number of hydrogen-bond donors (Lipinski definition) is 0. The van der Waals surface area contributed by atoms with Crippen LogP contribution in [0, 0.1) is 46.2 Å². The highest BCUT2D eigenvalue weighted by atomic mass is 127. The molecule has 0 aromatic heterocycles. The molecule has 0 bridgehead atoms. The van der Waals surface area contributed by atoms with Gasteiger partial charge in [-0.05, 0) is 153 Å². The average molecular weight is 756 g/mol. The van der Waals surface area contributed by atoms with Crippen LogP contribution in [0.1, 0.15) is 33.4 Å². The zero-order valence-electron chi connectivity index (χ0n) is 17.3. The fourth-order valence-electron chi connectivity index (χ4n) is 2.91. The number of rotatable bonds is 0. The second-order valence-electron chi connectivity index (χ2n) is 7.00. The zero-order chi connectivity index (χ0) is 23.0. The smallest absolute Gasteiger partial charge is 0.0562 e. The maximum atomic E-state index is 3.35. The Kier molecular flexibility index (Phi) is 8.51. The van der Waals surface area contributed by atoms with Crippen molar-refractivity contribution in [1.82, 2.24) is 0 Å². The molecule has 0 saturated heterocycles. The molecule has 0 amide bonds. The van der Waals surface area contributed by atoms with E-state index in [0.717, 1.165) is 33.4 Å². The summed E-state index contributed by atoms with van der Waals surface area (Å²) in [5.74, 6) is 19.8. The lowest BCUT2D eigenvalue weighted by molar-refractivity contribution is 1.53. The van der Waals surface area contributed by atoms with E-state index in [4.69, 9.17) is 0 Å². The summed E-state index contributed by atoms with van der Waals surface area (Å²) in [6.07, 6.45) is 0. The molecular formula is C30H15I3. The molecule has 0 aliphatic heterocycles. The molecule has 0 N–H and O–H groups in total. The van der Waals surface area contributed by atoms with Crippen molar-refractivity contribution in [1.29, 1.82) is 0 Å². The molecule has 0 aliphatic rings. The van der Waals surface area contributed by atoms with Gasteiger partial charge >= 0.3 is 0 Å². The van der Waals surface area contributed by atoms with Gasteiger partial charge in [-0.3, -0.25) is 0 Å². The van der Waals surface area contributed by atoms with Crippen LogP contribution in [0.15, 0.2) is 91.0 Å². The standard InChI is InChI=1S/C30H15I3/c31-27-15-6-22(7-16-27)4-13-25-2-1-3-26(14-5-23-8-17-28(32)18-9-23)30(25)21-12-24-10-19-29(33)20-11-24/h1-3,6-11,15-20H. The molecule has 0 fully saturated rings. The number of halogens is 3. The minimum Gasteiger partial charge on any atom is -0.0616 e. The molecule has 0 heterocycles. The second kappa shape index (κ2) is 11.7. The van der Waals surface area contributed by atoms with Gasteiger partial charge in [0.2, 0.25) is 0 Å². The van der Waals surface area contributed by atoms with Gasteiger partial charge in [-0.15, -0.1) is 0 Å². The number of benzene rings is 4. The molecule has 33 heavy (non-hydrogen) atoms. The van der Waals surface area contributed by atoms with Crippen molar-refractivity contribution in [3.8, 4) is 35.5 Å². The largest absolute Gasteiger partial charge is 0.0616 e. The van der Waals surface area contributed by atoms with E-state index in [-0.39, 0.29) is 0 Å². The van der Waals surface area contributed by atoms with Crippen LogP contribution >= 0.6 is 67.8 Å². The lowest BCUT2D eigenvalue weighted by Crippen LogP contribution is -1.91. The maximum absolute atomic E-state index is 3.35. The van der Waals surface area contributed by atoms with Crippen LogP contribution in [0.3, 0.4) is 0 Å².